The van der Waals surface area contributed by atoms with E-state index in [2.05, 4.69) is 13.8 Å². The fourth-order valence-corrected chi connectivity index (χ4v) is 2.51. The predicted molar refractivity (Wildman–Crippen MR) is 75.6 cm³/mol. The zero-order valence-corrected chi connectivity index (χ0v) is 12.8. The molecular formula is C14H26N2O4. The van der Waals surface area contributed by atoms with Gasteiger partial charge in [-0.25, -0.2) is 4.79 Å². The van der Waals surface area contributed by atoms with E-state index in [1.807, 2.05) is 6.92 Å². The van der Waals surface area contributed by atoms with Gasteiger partial charge in [-0.15, -0.1) is 0 Å². The molecule has 1 N–H and O–H groups in total. The molecule has 0 bridgehead atoms. The molecule has 0 spiro atoms. The van der Waals surface area contributed by atoms with E-state index >= 15 is 0 Å². The zero-order chi connectivity index (χ0) is 15.3. The van der Waals surface area contributed by atoms with Crippen molar-refractivity contribution in [3.05, 3.63) is 0 Å². The van der Waals surface area contributed by atoms with Crippen LogP contribution in [0.3, 0.4) is 0 Å². The molecule has 1 aliphatic heterocycles. The molecule has 0 aliphatic carbocycles. The fourth-order valence-electron chi connectivity index (χ4n) is 2.51. The van der Waals surface area contributed by atoms with Gasteiger partial charge in [-0.3, -0.25) is 4.79 Å². The first-order chi connectivity index (χ1) is 9.32. The van der Waals surface area contributed by atoms with E-state index in [4.69, 9.17) is 9.84 Å². The molecule has 0 radical (unpaired) electrons. The van der Waals surface area contributed by atoms with E-state index in [-0.39, 0.29) is 24.5 Å². The Kier molecular flexibility index (Phi) is 6.26. The minimum absolute atomic E-state index is 0.0713. The Bertz CT molecular complexity index is 346. The van der Waals surface area contributed by atoms with E-state index in [9.17, 15) is 9.59 Å². The third-order valence-corrected chi connectivity index (χ3v) is 3.66. The van der Waals surface area contributed by atoms with Gasteiger partial charge in [0, 0.05) is 19.6 Å². The quantitative estimate of drug-likeness (QED) is 0.834. The topological polar surface area (TPSA) is 70.1 Å². The molecule has 6 nitrogen and oxygen atoms in total. The average Bonchev–Trinajstić information content (AvgIpc) is 2.36. The van der Waals surface area contributed by atoms with Gasteiger partial charge in [0.2, 0.25) is 0 Å². The van der Waals surface area contributed by atoms with Crippen molar-refractivity contribution in [1.29, 1.82) is 0 Å². The summed E-state index contributed by atoms with van der Waals surface area (Å²) in [6.07, 6.45) is 0.855. The third-order valence-electron chi connectivity index (χ3n) is 3.66. The smallest absolute Gasteiger partial charge is 0.320 e. The summed E-state index contributed by atoms with van der Waals surface area (Å²) in [6, 6.07) is -0.342. The van der Waals surface area contributed by atoms with Crippen molar-refractivity contribution in [2.75, 3.05) is 26.8 Å². The highest BCUT2D eigenvalue weighted by molar-refractivity contribution is 5.76. The number of hydrogen-bond donors (Lipinski definition) is 1. The molecule has 1 heterocycles. The van der Waals surface area contributed by atoms with Gasteiger partial charge in [0.1, 0.15) is 0 Å². The van der Waals surface area contributed by atoms with Gasteiger partial charge in [0.05, 0.1) is 25.7 Å². The maximum atomic E-state index is 12.5. The molecular weight excluding hydrogens is 260 g/mol. The van der Waals surface area contributed by atoms with Crippen molar-refractivity contribution in [3.63, 3.8) is 0 Å². The first-order valence-corrected chi connectivity index (χ1v) is 7.15. The van der Waals surface area contributed by atoms with Crippen LogP contribution in [0.4, 0.5) is 4.79 Å². The van der Waals surface area contributed by atoms with Crippen LogP contribution in [-0.4, -0.2) is 65.8 Å². The molecule has 0 aromatic heterocycles. The number of urea groups is 1. The second-order valence-electron chi connectivity index (χ2n) is 5.89. The van der Waals surface area contributed by atoms with Crippen LogP contribution in [0.1, 0.15) is 33.6 Å². The van der Waals surface area contributed by atoms with Crippen molar-refractivity contribution in [3.8, 4) is 0 Å². The third kappa shape index (κ3) is 4.67. The lowest BCUT2D eigenvalue weighted by atomic mass is 10.0. The van der Waals surface area contributed by atoms with E-state index in [0.29, 0.717) is 25.7 Å². The van der Waals surface area contributed by atoms with Crippen LogP contribution >= 0.6 is 0 Å². The van der Waals surface area contributed by atoms with E-state index in [0.717, 1.165) is 6.42 Å². The number of ether oxygens (including phenoxy) is 1. The summed E-state index contributed by atoms with van der Waals surface area (Å²) in [6.45, 7) is 7.48. The second-order valence-corrected chi connectivity index (χ2v) is 5.89. The van der Waals surface area contributed by atoms with Gasteiger partial charge < -0.3 is 19.6 Å². The molecule has 1 aliphatic rings. The first kappa shape index (κ1) is 16.8. The standard InChI is InChI=1S/C14H26N2O4/c1-10(2)7-11(3)15(4)14(19)16-5-6-20-9-12(16)8-13(17)18/h10-12H,5-9H2,1-4H3,(H,17,18). The Morgan fingerprint density at radius 1 is 1.40 bits per heavy atom. The Morgan fingerprint density at radius 3 is 2.60 bits per heavy atom. The number of amides is 2. The molecule has 20 heavy (non-hydrogen) atoms. The molecule has 0 aromatic rings. The monoisotopic (exact) mass is 286 g/mol. The molecule has 0 aromatic carbocycles. The molecule has 2 amide bonds. The lowest BCUT2D eigenvalue weighted by molar-refractivity contribution is -0.139. The zero-order valence-electron chi connectivity index (χ0n) is 12.8. The molecule has 2 unspecified atom stereocenters. The predicted octanol–water partition coefficient (Wildman–Crippen LogP) is 1.65. The van der Waals surface area contributed by atoms with Crippen LogP contribution in [0.5, 0.6) is 0 Å². The van der Waals surface area contributed by atoms with Crippen LogP contribution in [0.15, 0.2) is 0 Å². The summed E-state index contributed by atoms with van der Waals surface area (Å²) < 4.78 is 5.29. The van der Waals surface area contributed by atoms with Gasteiger partial charge in [0.15, 0.2) is 0 Å². The Labute approximate surface area is 120 Å². The van der Waals surface area contributed by atoms with E-state index < -0.39 is 5.97 Å². The molecule has 1 fully saturated rings. The highest BCUT2D eigenvalue weighted by Crippen LogP contribution is 2.16. The number of morpholine rings is 1. The lowest BCUT2D eigenvalue weighted by Gasteiger charge is -2.39. The Balaban J connectivity index is 2.68. The number of hydrogen-bond acceptors (Lipinski definition) is 3. The number of carboxylic acids is 1. The van der Waals surface area contributed by atoms with Crippen molar-refractivity contribution >= 4 is 12.0 Å². The number of aliphatic carboxylic acids is 1. The van der Waals surface area contributed by atoms with E-state index in [1.54, 1.807) is 16.8 Å². The maximum absolute atomic E-state index is 12.5. The molecule has 0 saturated carbocycles. The number of carbonyl (C=O) groups excluding carboxylic acids is 1. The van der Waals surface area contributed by atoms with Crippen LogP contribution in [-0.2, 0) is 9.53 Å². The van der Waals surface area contributed by atoms with Crippen LogP contribution < -0.4 is 0 Å². The van der Waals surface area contributed by atoms with Gasteiger partial charge in [-0.1, -0.05) is 13.8 Å². The molecule has 116 valence electrons. The molecule has 1 saturated heterocycles. The minimum atomic E-state index is -0.906. The van der Waals surface area contributed by atoms with Gasteiger partial charge in [-0.05, 0) is 19.3 Å². The van der Waals surface area contributed by atoms with Crippen molar-refractivity contribution in [2.24, 2.45) is 5.92 Å². The first-order valence-electron chi connectivity index (χ1n) is 7.15. The van der Waals surface area contributed by atoms with Crippen LogP contribution in [0.25, 0.3) is 0 Å². The summed E-state index contributed by atoms with van der Waals surface area (Å²) in [4.78, 5) is 26.7. The molecule has 6 heteroatoms. The number of nitrogens with zero attached hydrogens (tertiary/aromatic N) is 2. The second kappa shape index (κ2) is 7.47. The van der Waals surface area contributed by atoms with Crippen molar-refractivity contribution in [1.82, 2.24) is 9.80 Å². The van der Waals surface area contributed by atoms with Crippen LogP contribution in [0, 0.1) is 5.92 Å². The number of rotatable bonds is 5. The van der Waals surface area contributed by atoms with Gasteiger partial charge >= 0.3 is 12.0 Å². The normalized spacial score (nSPS) is 20.9. The highest BCUT2D eigenvalue weighted by Gasteiger charge is 2.32. The molecule has 2 atom stereocenters. The highest BCUT2D eigenvalue weighted by atomic mass is 16.5. The summed E-state index contributed by atoms with van der Waals surface area (Å²) in [5.74, 6) is -0.393. The number of carbonyl (C=O) groups is 2. The van der Waals surface area contributed by atoms with Crippen LogP contribution in [0.2, 0.25) is 0 Å². The van der Waals surface area contributed by atoms with Crippen molar-refractivity contribution in [2.45, 2.75) is 45.7 Å². The number of carboxylic acid groups (broad SMARTS) is 1. The summed E-state index contributed by atoms with van der Waals surface area (Å²) in [7, 11) is 1.78. The van der Waals surface area contributed by atoms with Gasteiger partial charge in [0.25, 0.3) is 0 Å². The largest absolute Gasteiger partial charge is 0.481 e. The fraction of sp³-hybridized carbons (Fsp3) is 0.857. The lowest BCUT2D eigenvalue weighted by Crippen LogP contribution is -2.55. The van der Waals surface area contributed by atoms with E-state index in [1.165, 1.54) is 0 Å². The van der Waals surface area contributed by atoms with Gasteiger partial charge in [-0.2, -0.15) is 0 Å². The summed E-state index contributed by atoms with van der Waals surface area (Å²) >= 11 is 0. The molecule has 1 rings (SSSR count). The SMILES string of the molecule is CC(C)CC(C)N(C)C(=O)N1CCOCC1CC(=O)O. The maximum Gasteiger partial charge on any atom is 0.320 e. The van der Waals surface area contributed by atoms with Crippen molar-refractivity contribution < 1.29 is 19.4 Å². The Morgan fingerprint density at radius 2 is 2.05 bits per heavy atom. The Hall–Kier alpha value is -1.30. The minimum Gasteiger partial charge on any atom is -0.481 e. The average molecular weight is 286 g/mol. The summed E-state index contributed by atoms with van der Waals surface area (Å²) in [5.41, 5.74) is 0. The summed E-state index contributed by atoms with van der Waals surface area (Å²) in [5, 5.41) is 8.92.